The van der Waals surface area contributed by atoms with E-state index in [1.54, 1.807) is 0 Å². The van der Waals surface area contributed by atoms with E-state index in [4.69, 9.17) is 4.74 Å². The predicted octanol–water partition coefficient (Wildman–Crippen LogP) is 6.52. The zero-order chi connectivity index (χ0) is 16.6. The first-order valence-corrected chi connectivity index (χ1v) is 9.68. The molecule has 0 aliphatic heterocycles. The van der Waals surface area contributed by atoms with Crippen molar-refractivity contribution in [2.75, 3.05) is 6.61 Å². The first-order valence-electron chi connectivity index (χ1n) is 9.68. The van der Waals surface area contributed by atoms with Crippen LogP contribution in [0.4, 0.5) is 0 Å². The Morgan fingerprint density at radius 3 is 1.59 bits per heavy atom. The van der Waals surface area contributed by atoms with E-state index in [9.17, 15) is 4.79 Å². The summed E-state index contributed by atoms with van der Waals surface area (Å²) in [6.45, 7) is 9.32. The minimum absolute atomic E-state index is 0.0184. The van der Waals surface area contributed by atoms with E-state index < -0.39 is 0 Å². The van der Waals surface area contributed by atoms with Crippen molar-refractivity contribution in [2.45, 2.75) is 105 Å². The Kier molecular flexibility index (Phi) is 15.0. The Balaban J connectivity index is 3.12. The number of rotatable bonds is 15. The lowest BCUT2D eigenvalue weighted by atomic mass is 10.0. The van der Waals surface area contributed by atoms with E-state index in [1.165, 1.54) is 64.2 Å². The van der Waals surface area contributed by atoms with Gasteiger partial charge in [-0.2, -0.15) is 0 Å². The number of hydrogen-bond acceptors (Lipinski definition) is 2. The molecule has 2 nitrogen and oxygen atoms in total. The van der Waals surface area contributed by atoms with Crippen LogP contribution in [-0.4, -0.2) is 12.6 Å². The van der Waals surface area contributed by atoms with Gasteiger partial charge in [-0.05, 0) is 18.3 Å². The second-order valence-electron chi connectivity index (χ2n) is 7.54. The summed E-state index contributed by atoms with van der Waals surface area (Å²) < 4.78 is 5.17. The molecule has 0 unspecified atom stereocenters. The maximum absolute atomic E-state index is 11.4. The standard InChI is InChI=1S/C20H40O2/c1-18(2)15-13-11-9-7-5-6-8-10-12-14-16-20(21)22-17-19(3)4/h18-19H,5-17H2,1-4H3. The van der Waals surface area contributed by atoms with Crippen LogP contribution in [0.15, 0.2) is 0 Å². The van der Waals surface area contributed by atoms with Crippen LogP contribution in [0.5, 0.6) is 0 Å². The van der Waals surface area contributed by atoms with Gasteiger partial charge in [-0.25, -0.2) is 0 Å². The van der Waals surface area contributed by atoms with E-state index in [0.29, 0.717) is 18.9 Å². The SMILES string of the molecule is CC(C)CCCCCCCCCCCCC(=O)OCC(C)C. The number of unbranched alkanes of at least 4 members (excludes halogenated alkanes) is 9. The molecule has 22 heavy (non-hydrogen) atoms. The minimum atomic E-state index is -0.0184. The summed E-state index contributed by atoms with van der Waals surface area (Å²) in [5, 5.41) is 0. The van der Waals surface area contributed by atoms with Crippen molar-refractivity contribution in [1.29, 1.82) is 0 Å². The third-order valence-electron chi connectivity index (χ3n) is 3.99. The predicted molar refractivity (Wildman–Crippen MR) is 96.0 cm³/mol. The van der Waals surface area contributed by atoms with E-state index in [-0.39, 0.29) is 5.97 Å². The molecule has 0 aromatic carbocycles. The molecule has 0 amide bonds. The third-order valence-corrected chi connectivity index (χ3v) is 3.99. The van der Waals surface area contributed by atoms with Crippen LogP contribution in [-0.2, 0) is 9.53 Å². The van der Waals surface area contributed by atoms with Crippen LogP contribution < -0.4 is 0 Å². The molecule has 0 spiro atoms. The lowest BCUT2D eigenvalue weighted by molar-refractivity contribution is -0.144. The van der Waals surface area contributed by atoms with Crippen LogP contribution in [0.3, 0.4) is 0 Å². The largest absolute Gasteiger partial charge is 0.465 e. The zero-order valence-electron chi connectivity index (χ0n) is 15.7. The second-order valence-corrected chi connectivity index (χ2v) is 7.54. The quantitative estimate of drug-likeness (QED) is 0.254. The molecule has 0 radical (unpaired) electrons. The highest BCUT2D eigenvalue weighted by atomic mass is 16.5. The fraction of sp³-hybridized carbons (Fsp3) is 0.950. The number of ether oxygens (including phenoxy) is 1. The number of hydrogen-bond donors (Lipinski definition) is 0. The number of carbonyl (C=O) groups is 1. The summed E-state index contributed by atoms with van der Waals surface area (Å²) in [6, 6.07) is 0. The molecule has 0 aromatic rings. The summed E-state index contributed by atoms with van der Waals surface area (Å²) in [4.78, 5) is 11.4. The molecule has 0 saturated carbocycles. The second kappa shape index (κ2) is 15.4. The molecule has 132 valence electrons. The van der Waals surface area contributed by atoms with E-state index in [2.05, 4.69) is 27.7 Å². The Morgan fingerprint density at radius 1 is 0.682 bits per heavy atom. The van der Waals surface area contributed by atoms with Gasteiger partial charge in [0.15, 0.2) is 0 Å². The van der Waals surface area contributed by atoms with Gasteiger partial charge in [-0.15, -0.1) is 0 Å². The van der Waals surface area contributed by atoms with Crippen molar-refractivity contribution >= 4 is 5.97 Å². The first kappa shape index (κ1) is 21.5. The van der Waals surface area contributed by atoms with Crippen LogP contribution in [0.1, 0.15) is 105 Å². The molecular formula is C20H40O2. The normalized spacial score (nSPS) is 11.4. The van der Waals surface area contributed by atoms with Crippen LogP contribution in [0, 0.1) is 11.8 Å². The topological polar surface area (TPSA) is 26.3 Å². The third kappa shape index (κ3) is 17.5. The fourth-order valence-electron chi connectivity index (χ4n) is 2.57. The van der Waals surface area contributed by atoms with Crippen molar-refractivity contribution in [2.24, 2.45) is 11.8 Å². The average molecular weight is 313 g/mol. The maximum atomic E-state index is 11.4. The minimum Gasteiger partial charge on any atom is -0.465 e. The molecular weight excluding hydrogens is 272 g/mol. The van der Waals surface area contributed by atoms with Gasteiger partial charge in [0, 0.05) is 6.42 Å². The van der Waals surface area contributed by atoms with Gasteiger partial charge in [0.25, 0.3) is 0 Å². The molecule has 0 fully saturated rings. The van der Waals surface area contributed by atoms with Crippen molar-refractivity contribution in [3.8, 4) is 0 Å². The highest BCUT2D eigenvalue weighted by molar-refractivity contribution is 5.69. The smallest absolute Gasteiger partial charge is 0.305 e. The van der Waals surface area contributed by atoms with Gasteiger partial charge in [0.05, 0.1) is 6.61 Å². The van der Waals surface area contributed by atoms with E-state index >= 15 is 0 Å². The molecule has 2 heteroatoms. The monoisotopic (exact) mass is 312 g/mol. The molecule has 0 aliphatic rings. The number of esters is 1. The van der Waals surface area contributed by atoms with E-state index in [1.807, 2.05) is 0 Å². The van der Waals surface area contributed by atoms with Crippen LogP contribution >= 0.6 is 0 Å². The summed E-state index contributed by atoms with van der Waals surface area (Å²) in [5.41, 5.74) is 0. The van der Waals surface area contributed by atoms with Crippen molar-refractivity contribution in [1.82, 2.24) is 0 Å². The average Bonchev–Trinajstić information content (AvgIpc) is 2.45. The Bertz CT molecular complexity index is 246. The van der Waals surface area contributed by atoms with Crippen LogP contribution in [0.2, 0.25) is 0 Å². The maximum Gasteiger partial charge on any atom is 0.305 e. The Hall–Kier alpha value is -0.530. The summed E-state index contributed by atoms with van der Waals surface area (Å²) in [7, 11) is 0. The molecule has 0 rings (SSSR count). The van der Waals surface area contributed by atoms with Crippen LogP contribution in [0.25, 0.3) is 0 Å². The van der Waals surface area contributed by atoms with Gasteiger partial charge >= 0.3 is 5.97 Å². The van der Waals surface area contributed by atoms with Gasteiger partial charge in [-0.3, -0.25) is 4.79 Å². The Morgan fingerprint density at radius 2 is 1.14 bits per heavy atom. The first-order chi connectivity index (χ1) is 10.5. The van der Waals surface area contributed by atoms with E-state index in [0.717, 1.165) is 12.3 Å². The van der Waals surface area contributed by atoms with Gasteiger partial charge in [0.2, 0.25) is 0 Å². The summed E-state index contributed by atoms with van der Waals surface area (Å²) >= 11 is 0. The lowest BCUT2D eigenvalue weighted by Gasteiger charge is -2.07. The van der Waals surface area contributed by atoms with Crippen molar-refractivity contribution in [3.63, 3.8) is 0 Å². The highest BCUT2D eigenvalue weighted by Crippen LogP contribution is 2.13. The Labute approximate surface area is 139 Å². The van der Waals surface area contributed by atoms with Gasteiger partial charge < -0.3 is 4.74 Å². The molecule has 0 bridgehead atoms. The summed E-state index contributed by atoms with van der Waals surface area (Å²) in [5.74, 6) is 1.28. The molecule has 0 saturated heterocycles. The summed E-state index contributed by atoms with van der Waals surface area (Å²) in [6.07, 6.45) is 15.1. The molecule has 0 heterocycles. The van der Waals surface area contributed by atoms with Crippen molar-refractivity contribution in [3.05, 3.63) is 0 Å². The van der Waals surface area contributed by atoms with Gasteiger partial charge in [0.1, 0.15) is 0 Å². The zero-order valence-corrected chi connectivity index (χ0v) is 15.7. The molecule has 0 aliphatic carbocycles. The molecule has 0 atom stereocenters. The fourth-order valence-corrected chi connectivity index (χ4v) is 2.57. The lowest BCUT2D eigenvalue weighted by Crippen LogP contribution is -2.09. The number of carbonyl (C=O) groups excluding carboxylic acids is 1. The van der Waals surface area contributed by atoms with Gasteiger partial charge in [-0.1, -0.05) is 91.9 Å². The highest BCUT2D eigenvalue weighted by Gasteiger charge is 2.03. The molecule has 0 N–H and O–H groups in total. The van der Waals surface area contributed by atoms with Crippen molar-refractivity contribution < 1.29 is 9.53 Å². The molecule has 0 aromatic heterocycles.